The molecule has 0 aliphatic heterocycles. The Morgan fingerprint density at radius 3 is 2.36 bits per heavy atom. The van der Waals surface area contributed by atoms with Crippen molar-refractivity contribution < 1.29 is 9.90 Å². The molecule has 0 fully saturated rings. The monoisotopic (exact) mass is 213 g/mol. The van der Waals surface area contributed by atoms with Crippen LogP contribution in [0.3, 0.4) is 0 Å². The molecule has 0 aromatic carbocycles. The van der Waals surface area contributed by atoms with Gasteiger partial charge < -0.3 is 10.8 Å². The van der Waals surface area contributed by atoms with Gasteiger partial charge in [-0.25, -0.2) is 0 Å². The molecule has 1 atom stereocenters. The van der Waals surface area contributed by atoms with Gasteiger partial charge in [-0.05, 0) is 38.3 Å². The summed E-state index contributed by atoms with van der Waals surface area (Å²) in [5, 5.41) is 8.71. The Morgan fingerprint density at radius 1 is 1.43 bits per heavy atom. The number of rotatable bonds is 3. The summed E-state index contributed by atoms with van der Waals surface area (Å²) in [6.45, 7) is 6.07. The molecule has 14 heavy (non-hydrogen) atoms. The van der Waals surface area contributed by atoms with Gasteiger partial charge in [-0.1, -0.05) is 0 Å². The lowest BCUT2D eigenvalue weighted by Crippen LogP contribution is -2.32. The van der Waals surface area contributed by atoms with Crippen LogP contribution in [-0.2, 0) is 11.2 Å². The average molecular weight is 213 g/mol. The molecule has 0 radical (unpaired) electrons. The van der Waals surface area contributed by atoms with E-state index in [1.165, 1.54) is 15.3 Å². The second-order valence-electron chi connectivity index (χ2n) is 3.47. The molecule has 1 aromatic rings. The van der Waals surface area contributed by atoms with Crippen molar-refractivity contribution >= 4 is 17.3 Å². The van der Waals surface area contributed by atoms with Crippen LogP contribution in [0.4, 0.5) is 0 Å². The van der Waals surface area contributed by atoms with Gasteiger partial charge in [0.25, 0.3) is 0 Å². The molecule has 0 saturated heterocycles. The highest BCUT2D eigenvalue weighted by Gasteiger charge is 2.17. The predicted octanol–water partition coefficient (Wildman–Crippen LogP) is 1.63. The van der Waals surface area contributed by atoms with Gasteiger partial charge in [-0.15, -0.1) is 11.3 Å². The number of carboxylic acids is 1. The van der Waals surface area contributed by atoms with Gasteiger partial charge in [0.15, 0.2) is 0 Å². The highest BCUT2D eigenvalue weighted by molar-refractivity contribution is 7.12. The summed E-state index contributed by atoms with van der Waals surface area (Å²) >= 11 is 1.70. The first kappa shape index (κ1) is 11.2. The normalized spacial score (nSPS) is 12.9. The van der Waals surface area contributed by atoms with Gasteiger partial charge in [0.2, 0.25) is 0 Å². The second kappa shape index (κ2) is 4.11. The Labute approximate surface area is 87.6 Å². The van der Waals surface area contributed by atoms with Crippen LogP contribution < -0.4 is 5.73 Å². The molecule has 1 rings (SSSR count). The summed E-state index contributed by atoms with van der Waals surface area (Å²) < 4.78 is 0. The Bertz CT molecular complexity index is 357. The molecule has 1 aromatic heterocycles. The maximum absolute atomic E-state index is 10.6. The van der Waals surface area contributed by atoms with Gasteiger partial charge in [0.05, 0.1) is 0 Å². The third-order valence-corrected chi connectivity index (χ3v) is 3.62. The maximum Gasteiger partial charge on any atom is 0.320 e. The van der Waals surface area contributed by atoms with Crippen LogP contribution in [-0.4, -0.2) is 17.1 Å². The van der Waals surface area contributed by atoms with Crippen LogP contribution in [0.15, 0.2) is 0 Å². The van der Waals surface area contributed by atoms with E-state index in [9.17, 15) is 4.79 Å². The topological polar surface area (TPSA) is 63.3 Å². The molecule has 1 unspecified atom stereocenters. The Hall–Kier alpha value is -0.870. The number of hydrogen-bond donors (Lipinski definition) is 2. The fourth-order valence-electron chi connectivity index (χ4n) is 1.45. The highest BCUT2D eigenvalue weighted by Crippen LogP contribution is 2.27. The zero-order valence-corrected chi connectivity index (χ0v) is 9.44. The molecule has 4 heteroatoms. The molecule has 3 nitrogen and oxygen atoms in total. The molecular weight excluding hydrogens is 198 g/mol. The molecule has 0 aliphatic carbocycles. The standard InChI is InChI=1S/C10H15NO2S/c1-5-6(2)14-7(3)8(5)4-9(11)10(12)13/h9H,4,11H2,1-3H3,(H,12,13). The number of nitrogens with two attached hydrogens (primary N) is 1. The molecule has 0 saturated carbocycles. The zero-order valence-electron chi connectivity index (χ0n) is 8.63. The van der Waals surface area contributed by atoms with Crippen molar-refractivity contribution in [1.82, 2.24) is 0 Å². The molecule has 0 bridgehead atoms. The predicted molar refractivity (Wildman–Crippen MR) is 57.8 cm³/mol. The molecule has 0 amide bonds. The Morgan fingerprint density at radius 2 is 2.00 bits per heavy atom. The minimum Gasteiger partial charge on any atom is -0.480 e. The van der Waals surface area contributed by atoms with Gasteiger partial charge in [0.1, 0.15) is 6.04 Å². The van der Waals surface area contributed by atoms with Crippen molar-refractivity contribution in [2.45, 2.75) is 33.2 Å². The average Bonchev–Trinajstić information content (AvgIpc) is 2.32. The molecule has 0 spiro atoms. The lowest BCUT2D eigenvalue weighted by molar-refractivity contribution is -0.138. The van der Waals surface area contributed by atoms with Gasteiger partial charge in [0, 0.05) is 9.75 Å². The van der Waals surface area contributed by atoms with E-state index in [1.54, 1.807) is 11.3 Å². The van der Waals surface area contributed by atoms with E-state index in [1.807, 2.05) is 20.8 Å². The van der Waals surface area contributed by atoms with E-state index in [2.05, 4.69) is 0 Å². The minimum absolute atomic E-state index is 0.428. The fraction of sp³-hybridized carbons (Fsp3) is 0.500. The van der Waals surface area contributed by atoms with Gasteiger partial charge in [-0.2, -0.15) is 0 Å². The summed E-state index contributed by atoms with van der Waals surface area (Å²) in [5.41, 5.74) is 7.78. The molecule has 0 aliphatic rings. The van der Waals surface area contributed by atoms with E-state index >= 15 is 0 Å². The second-order valence-corrected chi connectivity index (χ2v) is 4.90. The van der Waals surface area contributed by atoms with Crippen LogP contribution in [0.2, 0.25) is 0 Å². The lowest BCUT2D eigenvalue weighted by Gasteiger charge is -2.07. The number of carboxylic acid groups (broad SMARTS) is 1. The van der Waals surface area contributed by atoms with Crippen LogP contribution in [0.25, 0.3) is 0 Å². The van der Waals surface area contributed by atoms with Crippen LogP contribution in [0.1, 0.15) is 20.9 Å². The quantitative estimate of drug-likeness (QED) is 0.802. The van der Waals surface area contributed by atoms with Crippen LogP contribution >= 0.6 is 11.3 Å². The highest BCUT2D eigenvalue weighted by atomic mass is 32.1. The SMILES string of the molecule is Cc1sc(C)c(CC(N)C(=O)O)c1C. The summed E-state index contributed by atoms with van der Waals surface area (Å²) in [4.78, 5) is 13.0. The van der Waals surface area contributed by atoms with E-state index < -0.39 is 12.0 Å². The van der Waals surface area contributed by atoms with Crippen molar-refractivity contribution in [3.05, 3.63) is 20.9 Å². The number of thiophene rings is 1. The zero-order chi connectivity index (χ0) is 10.9. The summed E-state index contributed by atoms with van der Waals surface area (Å²) in [5.74, 6) is -0.937. The smallest absolute Gasteiger partial charge is 0.320 e. The van der Waals surface area contributed by atoms with E-state index in [0.29, 0.717) is 6.42 Å². The third-order valence-electron chi connectivity index (χ3n) is 2.45. The van der Waals surface area contributed by atoms with Gasteiger partial charge >= 0.3 is 5.97 Å². The van der Waals surface area contributed by atoms with Crippen molar-refractivity contribution in [3.63, 3.8) is 0 Å². The summed E-state index contributed by atoms with van der Waals surface area (Å²) in [7, 11) is 0. The summed E-state index contributed by atoms with van der Waals surface area (Å²) in [6, 6.07) is -0.790. The Kier molecular flexibility index (Phi) is 3.29. The number of aliphatic carboxylic acids is 1. The van der Waals surface area contributed by atoms with Crippen molar-refractivity contribution in [2.75, 3.05) is 0 Å². The first-order valence-corrected chi connectivity index (χ1v) is 5.29. The number of aryl methyl sites for hydroxylation is 2. The summed E-state index contributed by atoms with van der Waals surface area (Å²) in [6.07, 6.45) is 0.428. The van der Waals surface area contributed by atoms with Crippen molar-refractivity contribution in [2.24, 2.45) is 5.73 Å². The van der Waals surface area contributed by atoms with Crippen molar-refractivity contribution in [1.29, 1.82) is 0 Å². The van der Waals surface area contributed by atoms with E-state index in [-0.39, 0.29) is 0 Å². The molecular formula is C10H15NO2S. The van der Waals surface area contributed by atoms with Gasteiger partial charge in [-0.3, -0.25) is 4.79 Å². The molecule has 1 heterocycles. The number of hydrogen-bond acceptors (Lipinski definition) is 3. The number of carbonyl (C=O) groups is 1. The van der Waals surface area contributed by atoms with Crippen LogP contribution in [0, 0.1) is 20.8 Å². The van der Waals surface area contributed by atoms with E-state index in [0.717, 1.165) is 5.56 Å². The first-order chi connectivity index (χ1) is 6.43. The van der Waals surface area contributed by atoms with E-state index in [4.69, 9.17) is 10.8 Å². The fourth-order valence-corrected chi connectivity index (χ4v) is 2.54. The molecule has 78 valence electrons. The first-order valence-electron chi connectivity index (χ1n) is 4.47. The van der Waals surface area contributed by atoms with Crippen LogP contribution in [0.5, 0.6) is 0 Å². The largest absolute Gasteiger partial charge is 0.480 e. The Balaban J connectivity index is 2.91. The third kappa shape index (κ3) is 2.13. The maximum atomic E-state index is 10.6. The minimum atomic E-state index is -0.937. The van der Waals surface area contributed by atoms with Crippen molar-refractivity contribution in [3.8, 4) is 0 Å². The lowest BCUT2D eigenvalue weighted by atomic mass is 10.0. The molecule has 3 N–H and O–H groups in total.